The molecule has 0 radical (unpaired) electrons. The highest BCUT2D eigenvalue weighted by atomic mass is 16.5. The van der Waals surface area contributed by atoms with E-state index < -0.39 is 0 Å². The second-order valence-corrected chi connectivity index (χ2v) is 8.07. The third-order valence-corrected chi connectivity index (χ3v) is 6.61. The lowest BCUT2D eigenvalue weighted by Gasteiger charge is -2.42. The Labute approximate surface area is 151 Å². The minimum Gasteiger partial charge on any atom is -0.490 e. The highest BCUT2D eigenvalue weighted by molar-refractivity contribution is 5.34. The molecule has 1 N–H and O–H groups in total. The summed E-state index contributed by atoms with van der Waals surface area (Å²) in [6.07, 6.45) is 8.83. The van der Waals surface area contributed by atoms with Gasteiger partial charge in [-0.1, -0.05) is 18.2 Å². The second kappa shape index (κ2) is 7.26. The van der Waals surface area contributed by atoms with Crippen LogP contribution >= 0.6 is 0 Å². The largest absolute Gasteiger partial charge is 0.490 e. The number of fused-ring (bicyclic) bond motifs is 1. The van der Waals surface area contributed by atoms with E-state index in [-0.39, 0.29) is 11.7 Å². The van der Waals surface area contributed by atoms with E-state index in [4.69, 9.17) is 9.47 Å². The zero-order valence-corrected chi connectivity index (χ0v) is 15.3. The number of benzene rings is 1. The van der Waals surface area contributed by atoms with E-state index in [1.807, 2.05) is 7.11 Å². The van der Waals surface area contributed by atoms with Crippen LogP contribution in [0.4, 0.5) is 0 Å². The van der Waals surface area contributed by atoms with Crippen LogP contribution in [0.15, 0.2) is 24.3 Å². The van der Waals surface area contributed by atoms with Crippen LogP contribution in [0.3, 0.4) is 0 Å². The van der Waals surface area contributed by atoms with Gasteiger partial charge in [0.1, 0.15) is 5.75 Å². The van der Waals surface area contributed by atoms with Gasteiger partial charge in [-0.15, -0.1) is 0 Å². The number of hydrogen-bond acceptors (Lipinski definition) is 4. The van der Waals surface area contributed by atoms with Crippen LogP contribution in [0.25, 0.3) is 0 Å². The molecule has 3 fully saturated rings. The first-order valence-corrected chi connectivity index (χ1v) is 9.92. The van der Waals surface area contributed by atoms with Crippen molar-refractivity contribution in [1.29, 1.82) is 0 Å². The maximum absolute atomic E-state index is 10.2. The van der Waals surface area contributed by atoms with E-state index in [0.29, 0.717) is 12.1 Å². The topological polar surface area (TPSA) is 41.9 Å². The number of para-hydroxylation sites is 1. The fourth-order valence-corrected chi connectivity index (χ4v) is 5.11. The molecule has 0 spiro atoms. The predicted molar refractivity (Wildman–Crippen MR) is 97.7 cm³/mol. The fraction of sp³-hybridized carbons (Fsp3) is 0.714. The molecule has 1 aliphatic heterocycles. The molecule has 4 heteroatoms. The van der Waals surface area contributed by atoms with Gasteiger partial charge in [0, 0.05) is 31.8 Å². The van der Waals surface area contributed by atoms with Crippen molar-refractivity contribution in [2.75, 3.05) is 13.7 Å². The molecule has 4 nitrogen and oxygen atoms in total. The average molecular weight is 345 g/mol. The lowest BCUT2D eigenvalue weighted by atomic mass is 9.79. The molecule has 1 aromatic rings. The van der Waals surface area contributed by atoms with Crippen LogP contribution in [0, 0.1) is 0 Å². The summed E-state index contributed by atoms with van der Waals surface area (Å²) in [6, 6.07) is 8.79. The Morgan fingerprint density at radius 3 is 2.76 bits per heavy atom. The maximum atomic E-state index is 10.2. The number of aliphatic hydroxyl groups is 1. The van der Waals surface area contributed by atoms with Gasteiger partial charge in [-0.05, 0) is 57.4 Å². The molecule has 1 saturated heterocycles. The molecule has 0 bridgehead atoms. The molecule has 25 heavy (non-hydrogen) atoms. The quantitative estimate of drug-likeness (QED) is 0.887. The number of rotatable bonds is 5. The van der Waals surface area contributed by atoms with Crippen LogP contribution < -0.4 is 4.74 Å². The molecule has 0 amide bonds. The number of nitrogens with zero attached hydrogens (tertiary/aromatic N) is 1. The van der Waals surface area contributed by atoms with Crippen molar-refractivity contribution >= 4 is 0 Å². The number of aliphatic hydroxyl groups excluding tert-OH is 1. The normalized spacial score (nSPS) is 33.5. The van der Waals surface area contributed by atoms with Crippen molar-refractivity contribution in [3.63, 3.8) is 0 Å². The first kappa shape index (κ1) is 17.3. The van der Waals surface area contributed by atoms with Gasteiger partial charge in [0.25, 0.3) is 0 Å². The number of methoxy groups -OCH3 is 1. The van der Waals surface area contributed by atoms with Crippen molar-refractivity contribution in [3.8, 4) is 5.75 Å². The highest BCUT2D eigenvalue weighted by Crippen LogP contribution is 2.43. The van der Waals surface area contributed by atoms with E-state index in [1.165, 1.54) is 31.2 Å². The first-order valence-electron chi connectivity index (χ1n) is 9.92. The molecule has 1 aromatic carbocycles. The molecule has 138 valence electrons. The third kappa shape index (κ3) is 3.44. The van der Waals surface area contributed by atoms with E-state index in [9.17, 15) is 5.11 Å². The molecule has 3 aliphatic rings. The van der Waals surface area contributed by atoms with Crippen LogP contribution in [0.2, 0.25) is 0 Å². The molecule has 3 atom stereocenters. The minimum atomic E-state index is -0.196. The summed E-state index contributed by atoms with van der Waals surface area (Å²) < 4.78 is 12.3. The molecular formula is C21H31NO3. The zero-order chi connectivity index (χ0) is 17.3. The van der Waals surface area contributed by atoms with Gasteiger partial charge >= 0.3 is 0 Å². The minimum absolute atomic E-state index is 0.0690. The van der Waals surface area contributed by atoms with Crippen molar-refractivity contribution < 1.29 is 14.6 Å². The molecule has 1 heterocycles. The smallest absolute Gasteiger partial charge is 0.124 e. The molecule has 0 aromatic heterocycles. The van der Waals surface area contributed by atoms with Crippen LogP contribution in [-0.4, -0.2) is 47.5 Å². The summed E-state index contributed by atoms with van der Waals surface area (Å²) in [5.74, 6) is 1.04. The zero-order valence-electron chi connectivity index (χ0n) is 15.3. The summed E-state index contributed by atoms with van der Waals surface area (Å²) in [4.78, 5) is 2.50. The van der Waals surface area contributed by atoms with Gasteiger partial charge in [-0.2, -0.15) is 0 Å². The summed E-state index contributed by atoms with van der Waals surface area (Å²) >= 11 is 0. The van der Waals surface area contributed by atoms with E-state index in [2.05, 4.69) is 29.2 Å². The van der Waals surface area contributed by atoms with Gasteiger partial charge in [0.2, 0.25) is 0 Å². The Kier molecular flexibility index (Phi) is 5.03. The fourth-order valence-electron chi connectivity index (χ4n) is 5.11. The maximum Gasteiger partial charge on any atom is 0.124 e. The van der Waals surface area contributed by atoms with Crippen molar-refractivity contribution in [2.45, 2.75) is 81.8 Å². The van der Waals surface area contributed by atoms with E-state index in [0.717, 1.165) is 44.5 Å². The van der Waals surface area contributed by atoms with E-state index in [1.54, 1.807) is 0 Å². The van der Waals surface area contributed by atoms with Crippen molar-refractivity contribution in [2.24, 2.45) is 0 Å². The Balaban J connectivity index is 1.50. The lowest BCUT2D eigenvalue weighted by molar-refractivity contribution is -0.0880. The SMILES string of the molecule is CO[C@@]12CC[C@H](O)C[C@@H]1N(Cc1ccccc1OC1CCCC1)CC2. The summed E-state index contributed by atoms with van der Waals surface area (Å²) in [7, 11) is 1.84. The molecule has 2 aliphatic carbocycles. The Morgan fingerprint density at radius 1 is 1.16 bits per heavy atom. The number of likely N-dealkylation sites (tertiary alicyclic amines) is 1. The Hall–Kier alpha value is -1.10. The Morgan fingerprint density at radius 2 is 1.96 bits per heavy atom. The van der Waals surface area contributed by atoms with Gasteiger partial charge in [0.15, 0.2) is 0 Å². The van der Waals surface area contributed by atoms with Crippen LogP contribution in [-0.2, 0) is 11.3 Å². The number of hydrogen-bond donors (Lipinski definition) is 1. The molecular weight excluding hydrogens is 314 g/mol. The number of ether oxygens (including phenoxy) is 2. The molecule has 2 saturated carbocycles. The lowest BCUT2D eigenvalue weighted by Crippen LogP contribution is -2.51. The van der Waals surface area contributed by atoms with Gasteiger partial charge < -0.3 is 14.6 Å². The molecule has 0 unspecified atom stereocenters. The van der Waals surface area contributed by atoms with Gasteiger partial charge in [-0.3, -0.25) is 4.90 Å². The van der Waals surface area contributed by atoms with Crippen molar-refractivity contribution in [3.05, 3.63) is 29.8 Å². The highest BCUT2D eigenvalue weighted by Gasteiger charge is 2.50. The first-order chi connectivity index (χ1) is 12.2. The Bertz CT molecular complexity index is 586. The standard InChI is InChI=1S/C21H31NO3/c1-24-21-11-10-17(23)14-20(21)22(13-12-21)15-16-6-2-5-9-19(16)25-18-7-3-4-8-18/h2,5-6,9,17-18,20,23H,3-4,7-8,10-15H2,1H3/t17-,20-,21+/m0/s1. The second-order valence-electron chi connectivity index (χ2n) is 8.07. The average Bonchev–Trinajstić information content (AvgIpc) is 3.26. The van der Waals surface area contributed by atoms with Crippen molar-refractivity contribution in [1.82, 2.24) is 4.90 Å². The van der Waals surface area contributed by atoms with E-state index >= 15 is 0 Å². The summed E-state index contributed by atoms with van der Waals surface area (Å²) in [5.41, 5.74) is 1.20. The third-order valence-electron chi connectivity index (χ3n) is 6.61. The van der Waals surface area contributed by atoms with Crippen LogP contribution in [0.1, 0.15) is 56.9 Å². The van der Waals surface area contributed by atoms with Gasteiger partial charge in [0.05, 0.1) is 17.8 Å². The summed E-state index contributed by atoms with van der Waals surface area (Å²) in [6.45, 7) is 1.91. The molecule has 4 rings (SSSR count). The van der Waals surface area contributed by atoms with Gasteiger partial charge in [-0.25, -0.2) is 0 Å². The monoisotopic (exact) mass is 345 g/mol. The summed E-state index contributed by atoms with van der Waals surface area (Å²) in [5, 5.41) is 10.2. The predicted octanol–water partition coefficient (Wildman–Crippen LogP) is 3.51. The van der Waals surface area contributed by atoms with Crippen LogP contribution in [0.5, 0.6) is 5.75 Å².